The summed E-state index contributed by atoms with van der Waals surface area (Å²) in [5.41, 5.74) is 0. The average molecular weight is 394 g/mol. The number of thioether (sulfide) groups is 2. The molecule has 0 aliphatic carbocycles. The molecule has 1 amide bonds. The van der Waals surface area contributed by atoms with Gasteiger partial charge >= 0.3 is 0 Å². The van der Waals surface area contributed by atoms with Crippen molar-refractivity contribution >= 4 is 35.2 Å². The number of nitrogens with zero attached hydrogens (tertiary/aromatic N) is 1. The van der Waals surface area contributed by atoms with E-state index >= 15 is 0 Å². The highest BCUT2D eigenvalue weighted by atomic mass is 32.2. The Hall–Kier alpha value is -0.940. The molecule has 1 aliphatic rings. The van der Waals surface area contributed by atoms with Crippen molar-refractivity contribution in [2.45, 2.75) is 62.5 Å². The molecule has 1 aliphatic heterocycles. The molecule has 5 heteroatoms. The first-order chi connectivity index (χ1) is 12.3. The first-order valence-electron chi connectivity index (χ1n) is 9.47. The number of hydrogen-bond acceptors (Lipinski definition) is 4. The lowest BCUT2D eigenvalue weighted by Gasteiger charge is -2.27. The molecule has 1 fully saturated rings. The Labute approximate surface area is 166 Å². The Morgan fingerprint density at radius 1 is 1.12 bits per heavy atom. The number of hydrogen-bond donors (Lipinski definition) is 0. The van der Waals surface area contributed by atoms with Gasteiger partial charge in [0.1, 0.15) is 0 Å². The summed E-state index contributed by atoms with van der Waals surface area (Å²) in [6.45, 7) is 10.8. The van der Waals surface area contributed by atoms with Crippen molar-refractivity contribution in [2.75, 3.05) is 12.3 Å². The standard InChI is InChI=1S/C21H31NO2S2/c1-14(2)20(23)19-11-18(26-17-9-7-6-8-10-17)12-22(19)21(24)16(5)13-25-15(3)4/h6-10,14-16,18-19H,11-13H2,1-5H3/t16-,18+,19+/m1/s1. The van der Waals surface area contributed by atoms with E-state index in [2.05, 4.69) is 26.0 Å². The summed E-state index contributed by atoms with van der Waals surface area (Å²) in [4.78, 5) is 28.9. The van der Waals surface area contributed by atoms with E-state index in [0.29, 0.717) is 11.8 Å². The predicted octanol–water partition coefficient (Wildman–Crippen LogP) is 4.75. The number of Topliss-reactive ketones (excluding diaryl/α,β-unsaturated/α-hetero) is 1. The molecule has 1 aromatic carbocycles. The Kier molecular flexibility index (Phi) is 8.08. The molecular formula is C21H31NO2S2. The third-order valence-corrected chi connectivity index (χ3v) is 7.17. The normalized spacial score (nSPS) is 21.4. The lowest BCUT2D eigenvalue weighted by Crippen LogP contribution is -2.45. The lowest BCUT2D eigenvalue weighted by atomic mass is 9.99. The molecule has 3 atom stereocenters. The van der Waals surface area contributed by atoms with E-state index in [1.807, 2.05) is 55.6 Å². The fourth-order valence-corrected chi connectivity index (χ4v) is 5.19. The van der Waals surface area contributed by atoms with Crippen molar-refractivity contribution in [3.63, 3.8) is 0 Å². The number of likely N-dealkylation sites (tertiary alicyclic amines) is 1. The van der Waals surface area contributed by atoms with E-state index in [0.717, 1.165) is 12.2 Å². The minimum absolute atomic E-state index is 0.0453. The molecule has 0 N–H and O–H groups in total. The maximum absolute atomic E-state index is 13.0. The van der Waals surface area contributed by atoms with Crippen molar-refractivity contribution in [3.8, 4) is 0 Å². The van der Waals surface area contributed by atoms with Gasteiger partial charge in [-0.15, -0.1) is 11.8 Å². The van der Waals surface area contributed by atoms with Crippen LogP contribution in [0.15, 0.2) is 35.2 Å². The largest absolute Gasteiger partial charge is 0.331 e. The maximum Gasteiger partial charge on any atom is 0.226 e. The van der Waals surface area contributed by atoms with Crippen LogP contribution in [0.25, 0.3) is 0 Å². The van der Waals surface area contributed by atoms with Crippen LogP contribution in [-0.2, 0) is 9.59 Å². The monoisotopic (exact) mass is 393 g/mol. The molecule has 144 valence electrons. The minimum Gasteiger partial charge on any atom is -0.331 e. The van der Waals surface area contributed by atoms with E-state index in [9.17, 15) is 9.59 Å². The summed E-state index contributed by atoms with van der Waals surface area (Å²) in [6, 6.07) is 9.99. The molecule has 1 saturated heterocycles. The quantitative estimate of drug-likeness (QED) is 0.639. The topological polar surface area (TPSA) is 37.4 Å². The van der Waals surface area contributed by atoms with Gasteiger partial charge in [-0.05, 0) is 23.8 Å². The van der Waals surface area contributed by atoms with E-state index in [1.54, 1.807) is 11.8 Å². The van der Waals surface area contributed by atoms with Gasteiger partial charge in [0, 0.05) is 34.3 Å². The van der Waals surface area contributed by atoms with Crippen molar-refractivity contribution in [3.05, 3.63) is 30.3 Å². The summed E-state index contributed by atoms with van der Waals surface area (Å²) in [6.07, 6.45) is 0.756. The van der Waals surface area contributed by atoms with E-state index in [-0.39, 0.29) is 34.8 Å². The molecule has 1 aromatic rings. The second kappa shape index (κ2) is 9.84. The van der Waals surface area contributed by atoms with Gasteiger partial charge in [-0.3, -0.25) is 9.59 Å². The van der Waals surface area contributed by atoms with Gasteiger partial charge in [0.25, 0.3) is 0 Å². The first kappa shape index (κ1) is 21.4. The van der Waals surface area contributed by atoms with Crippen LogP contribution in [-0.4, -0.2) is 45.4 Å². The van der Waals surface area contributed by atoms with Gasteiger partial charge in [-0.2, -0.15) is 11.8 Å². The molecule has 0 unspecified atom stereocenters. The zero-order chi connectivity index (χ0) is 19.3. The molecule has 0 saturated carbocycles. The maximum atomic E-state index is 13.0. The second-order valence-corrected chi connectivity index (χ2v) is 10.6. The summed E-state index contributed by atoms with van der Waals surface area (Å²) < 4.78 is 0. The second-order valence-electron chi connectivity index (χ2n) is 7.64. The van der Waals surface area contributed by atoms with Crippen LogP contribution in [0.2, 0.25) is 0 Å². The number of carbonyl (C=O) groups excluding carboxylic acids is 2. The van der Waals surface area contributed by atoms with Crippen molar-refractivity contribution in [1.82, 2.24) is 4.90 Å². The molecule has 2 rings (SSSR count). The number of benzene rings is 1. The number of amides is 1. The van der Waals surface area contributed by atoms with Crippen LogP contribution in [0, 0.1) is 11.8 Å². The van der Waals surface area contributed by atoms with Gasteiger partial charge in [0.15, 0.2) is 5.78 Å². The van der Waals surface area contributed by atoms with Crippen molar-refractivity contribution in [1.29, 1.82) is 0 Å². The highest BCUT2D eigenvalue weighted by Gasteiger charge is 2.41. The molecule has 0 aromatic heterocycles. The third kappa shape index (κ3) is 5.78. The fourth-order valence-electron chi connectivity index (χ4n) is 3.16. The molecule has 0 spiro atoms. The lowest BCUT2D eigenvalue weighted by molar-refractivity contribution is -0.140. The first-order valence-corrected chi connectivity index (χ1v) is 11.4. The van der Waals surface area contributed by atoms with Gasteiger partial charge in [0.2, 0.25) is 5.91 Å². The molecular weight excluding hydrogens is 362 g/mol. The summed E-state index contributed by atoms with van der Waals surface area (Å²) in [5, 5.41) is 0.789. The van der Waals surface area contributed by atoms with Crippen LogP contribution >= 0.6 is 23.5 Å². The molecule has 1 heterocycles. The van der Waals surface area contributed by atoms with Gasteiger partial charge in [-0.1, -0.05) is 52.8 Å². The molecule has 3 nitrogen and oxygen atoms in total. The van der Waals surface area contributed by atoms with Gasteiger partial charge in [0.05, 0.1) is 6.04 Å². The zero-order valence-electron chi connectivity index (χ0n) is 16.5. The van der Waals surface area contributed by atoms with Crippen LogP contribution < -0.4 is 0 Å². The molecule has 0 radical (unpaired) electrons. The summed E-state index contributed by atoms with van der Waals surface area (Å²) in [5.74, 6) is 1.04. The minimum atomic E-state index is -0.268. The van der Waals surface area contributed by atoms with Crippen LogP contribution in [0.1, 0.15) is 41.0 Å². The van der Waals surface area contributed by atoms with E-state index in [4.69, 9.17) is 0 Å². The average Bonchev–Trinajstić information content (AvgIpc) is 3.02. The SMILES string of the molecule is CC(C)SC[C@@H](C)C(=O)N1C[C@@H](Sc2ccccc2)C[C@H]1C(=O)C(C)C. The highest BCUT2D eigenvalue weighted by Crippen LogP contribution is 2.35. The van der Waals surface area contributed by atoms with Crippen molar-refractivity contribution in [2.24, 2.45) is 11.8 Å². The zero-order valence-corrected chi connectivity index (χ0v) is 18.1. The van der Waals surface area contributed by atoms with Crippen LogP contribution in [0.3, 0.4) is 0 Å². The van der Waals surface area contributed by atoms with Gasteiger partial charge < -0.3 is 4.90 Å². The number of ketones is 1. The Morgan fingerprint density at radius 3 is 2.35 bits per heavy atom. The smallest absolute Gasteiger partial charge is 0.226 e. The van der Waals surface area contributed by atoms with E-state index in [1.165, 1.54) is 4.90 Å². The summed E-state index contributed by atoms with van der Waals surface area (Å²) >= 11 is 3.59. The number of rotatable bonds is 8. The molecule has 0 bridgehead atoms. The Morgan fingerprint density at radius 2 is 1.77 bits per heavy atom. The third-order valence-electron chi connectivity index (χ3n) is 4.59. The van der Waals surface area contributed by atoms with Gasteiger partial charge in [-0.25, -0.2) is 0 Å². The van der Waals surface area contributed by atoms with E-state index < -0.39 is 0 Å². The highest BCUT2D eigenvalue weighted by molar-refractivity contribution is 8.00. The molecule has 26 heavy (non-hydrogen) atoms. The number of carbonyl (C=O) groups is 2. The fraction of sp³-hybridized carbons (Fsp3) is 0.619. The Balaban J connectivity index is 2.09. The Bertz CT molecular complexity index is 603. The summed E-state index contributed by atoms with van der Waals surface area (Å²) in [7, 11) is 0. The predicted molar refractivity (Wildman–Crippen MR) is 113 cm³/mol. The van der Waals surface area contributed by atoms with Crippen molar-refractivity contribution < 1.29 is 9.59 Å². The van der Waals surface area contributed by atoms with Crippen LogP contribution in [0.5, 0.6) is 0 Å². The van der Waals surface area contributed by atoms with Crippen LogP contribution in [0.4, 0.5) is 0 Å².